The molecule has 0 N–H and O–H groups in total. The summed E-state index contributed by atoms with van der Waals surface area (Å²) < 4.78 is 29.9. The van der Waals surface area contributed by atoms with Gasteiger partial charge >= 0.3 is 5.97 Å². The van der Waals surface area contributed by atoms with Crippen LogP contribution in [0.3, 0.4) is 0 Å². The lowest BCUT2D eigenvalue weighted by atomic mass is 10.2. The summed E-state index contributed by atoms with van der Waals surface area (Å²) in [6, 6.07) is 2.92. The summed E-state index contributed by atoms with van der Waals surface area (Å²) in [6.45, 7) is 2.12. The summed E-state index contributed by atoms with van der Waals surface area (Å²) in [6.07, 6.45) is 0.690. The lowest BCUT2D eigenvalue weighted by molar-refractivity contribution is 0.0504. The van der Waals surface area contributed by atoms with Crippen molar-refractivity contribution in [1.82, 2.24) is 0 Å². The largest absolute Gasteiger partial charge is 0.462 e. The third-order valence-electron chi connectivity index (χ3n) is 1.59. The highest BCUT2D eigenvalue weighted by Gasteiger charge is 2.09. The van der Waals surface area contributed by atoms with Crippen LogP contribution in [0.1, 0.15) is 23.7 Å². The molecule has 0 fully saturated rings. The molecule has 0 aliphatic heterocycles. The second-order valence-electron chi connectivity index (χ2n) is 2.76. The van der Waals surface area contributed by atoms with E-state index < -0.39 is 17.6 Å². The molecule has 76 valence electrons. The zero-order valence-electron chi connectivity index (χ0n) is 7.72. The van der Waals surface area contributed by atoms with Crippen molar-refractivity contribution in [3.8, 4) is 0 Å². The van der Waals surface area contributed by atoms with Crippen molar-refractivity contribution in [2.45, 2.75) is 13.3 Å². The van der Waals surface area contributed by atoms with Crippen LogP contribution < -0.4 is 0 Å². The van der Waals surface area contributed by atoms with Crippen LogP contribution in [-0.4, -0.2) is 12.6 Å². The van der Waals surface area contributed by atoms with Crippen molar-refractivity contribution in [3.05, 3.63) is 35.4 Å². The van der Waals surface area contributed by atoms with Gasteiger partial charge in [-0.05, 0) is 24.6 Å². The molecule has 1 aromatic rings. The van der Waals surface area contributed by atoms with E-state index in [0.717, 1.165) is 12.1 Å². The fourth-order valence-corrected chi connectivity index (χ4v) is 0.901. The third kappa shape index (κ3) is 2.52. The Labute approximate surface area is 80.5 Å². The highest BCUT2D eigenvalue weighted by Crippen LogP contribution is 2.09. The molecule has 2 nitrogen and oxygen atoms in total. The van der Waals surface area contributed by atoms with E-state index in [0.29, 0.717) is 6.42 Å². The minimum absolute atomic E-state index is 0.0253. The maximum atomic E-state index is 12.7. The summed E-state index contributed by atoms with van der Waals surface area (Å²) in [5.74, 6) is -2.65. The fraction of sp³-hybridized carbons (Fsp3) is 0.300. The van der Waals surface area contributed by atoms with Gasteiger partial charge in [0.15, 0.2) is 11.6 Å². The minimum Gasteiger partial charge on any atom is -0.462 e. The Bertz CT molecular complexity index is 337. The van der Waals surface area contributed by atoms with Gasteiger partial charge in [-0.3, -0.25) is 0 Å². The van der Waals surface area contributed by atoms with Crippen molar-refractivity contribution in [2.24, 2.45) is 0 Å². The van der Waals surface area contributed by atoms with Crippen LogP contribution in [0.2, 0.25) is 0 Å². The number of hydrogen-bond acceptors (Lipinski definition) is 2. The van der Waals surface area contributed by atoms with Gasteiger partial charge in [0.25, 0.3) is 0 Å². The summed E-state index contributed by atoms with van der Waals surface area (Å²) in [5.41, 5.74) is 0.0253. The van der Waals surface area contributed by atoms with Crippen LogP contribution in [-0.2, 0) is 4.74 Å². The molecule has 0 unspecified atom stereocenters. The van der Waals surface area contributed by atoms with Crippen LogP contribution in [0.4, 0.5) is 8.78 Å². The molecule has 0 bridgehead atoms. The van der Waals surface area contributed by atoms with Gasteiger partial charge in [-0.15, -0.1) is 0 Å². The molecule has 0 aliphatic rings. The number of rotatable bonds is 3. The Morgan fingerprint density at radius 2 is 2.07 bits per heavy atom. The second kappa shape index (κ2) is 4.69. The Balaban J connectivity index is 2.76. The molecule has 1 aromatic carbocycles. The summed E-state index contributed by atoms with van der Waals surface area (Å²) in [4.78, 5) is 11.2. The van der Waals surface area contributed by atoms with Crippen LogP contribution >= 0.6 is 0 Å². The van der Waals surface area contributed by atoms with Crippen molar-refractivity contribution in [3.63, 3.8) is 0 Å². The highest BCUT2D eigenvalue weighted by molar-refractivity contribution is 5.89. The topological polar surface area (TPSA) is 26.3 Å². The van der Waals surface area contributed by atoms with Crippen LogP contribution in [0.25, 0.3) is 0 Å². The zero-order chi connectivity index (χ0) is 10.6. The molecule has 0 saturated carbocycles. The first kappa shape index (κ1) is 10.6. The number of benzene rings is 1. The first-order valence-corrected chi connectivity index (χ1v) is 4.27. The number of esters is 1. The van der Waals surface area contributed by atoms with E-state index in [1.165, 1.54) is 6.07 Å². The maximum Gasteiger partial charge on any atom is 0.338 e. The van der Waals surface area contributed by atoms with Crippen LogP contribution in [0.5, 0.6) is 0 Å². The van der Waals surface area contributed by atoms with E-state index in [1.807, 2.05) is 6.92 Å². The SMILES string of the molecule is CCCOC(=O)c1ccc(F)c(F)c1. The van der Waals surface area contributed by atoms with Crippen molar-refractivity contribution in [1.29, 1.82) is 0 Å². The number of halogens is 2. The van der Waals surface area contributed by atoms with E-state index in [4.69, 9.17) is 4.74 Å². The number of carbonyl (C=O) groups is 1. The monoisotopic (exact) mass is 200 g/mol. The zero-order valence-corrected chi connectivity index (χ0v) is 7.72. The van der Waals surface area contributed by atoms with Gasteiger partial charge in [-0.1, -0.05) is 6.92 Å². The summed E-state index contributed by atoms with van der Waals surface area (Å²) in [7, 11) is 0. The second-order valence-corrected chi connectivity index (χ2v) is 2.76. The van der Waals surface area contributed by atoms with Crippen molar-refractivity contribution >= 4 is 5.97 Å². The Kier molecular flexibility index (Phi) is 3.56. The van der Waals surface area contributed by atoms with E-state index >= 15 is 0 Å². The average Bonchev–Trinajstić information content (AvgIpc) is 2.18. The Hall–Kier alpha value is -1.45. The molecule has 0 radical (unpaired) electrons. The molecule has 0 saturated heterocycles. The molecule has 0 heterocycles. The van der Waals surface area contributed by atoms with Crippen LogP contribution in [0.15, 0.2) is 18.2 Å². The Morgan fingerprint density at radius 1 is 1.36 bits per heavy atom. The fourth-order valence-electron chi connectivity index (χ4n) is 0.901. The minimum atomic E-state index is -1.05. The molecular formula is C10H10F2O2. The average molecular weight is 200 g/mol. The number of carbonyl (C=O) groups excluding carboxylic acids is 1. The number of hydrogen-bond donors (Lipinski definition) is 0. The summed E-state index contributed by atoms with van der Waals surface area (Å²) >= 11 is 0. The molecule has 0 aliphatic carbocycles. The van der Waals surface area contributed by atoms with Crippen molar-refractivity contribution < 1.29 is 18.3 Å². The third-order valence-corrected chi connectivity index (χ3v) is 1.59. The lowest BCUT2D eigenvalue weighted by Gasteiger charge is -2.02. The van der Waals surface area contributed by atoms with E-state index in [2.05, 4.69) is 0 Å². The maximum absolute atomic E-state index is 12.7. The normalized spacial score (nSPS) is 9.93. The van der Waals surface area contributed by atoms with Crippen molar-refractivity contribution in [2.75, 3.05) is 6.61 Å². The van der Waals surface area contributed by atoms with Gasteiger partial charge in [-0.2, -0.15) is 0 Å². The molecule has 0 amide bonds. The van der Waals surface area contributed by atoms with Gasteiger partial charge < -0.3 is 4.74 Å². The van der Waals surface area contributed by atoms with E-state index in [9.17, 15) is 13.6 Å². The Morgan fingerprint density at radius 3 is 2.64 bits per heavy atom. The smallest absolute Gasteiger partial charge is 0.338 e. The van der Waals surface area contributed by atoms with Gasteiger partial charge in [-0.25, -0.2) is 13.6 Å². The number of ether oxygens (including phenoxy) is 1. The molecule has 0 atom stereocenters. The van der Waals surface area contributed by atoms with E-state index in [1.54, 1.807) is 0 Å². The first-order valence-electron chi connectivity index (χ1n) is 4.27. The molecule has 0 spiro atoms. The van der Waals surface area contributed by atoms with Gasteiger partial charge in [0, 0.05) is 0 Å². The van der Waals surface area contributed by atoms with Crippen LogP contribution in [0, 0.1) is 11.6 Å². The van der Waals surface area contributed by atoms with Gasteiger partial charge in [0.2, 0.25) is 0 Å². The van der Waals surface area contributed by atoms with E-state index in [-0.39, 0.29) is 12.2 Å². The summed E-state index contributed by atoms with van der Waals surface area (Å²) in [5, 5.41) is 0. The highest BCUT2D eigenvalue weighted by atomic mass is 19.2. The van der Waals surface area contributed by atoms with Gasteiger partial charge in [0.1, 0.15) is 0 Å². The molecule has 14 heavy (non-hydrogen) atoms. The molecular weight excluding hydrogens is 190 g/mol. The predicted octanol–water partition coefficient (Wildman–Crippen LogP) is 2.53. The molecule has 0 aromatic heterocycles. The molecule has 4 heteroatoms. The predicted molar refractivity (Wildman–Crippen MR) is 46.9 cm³/mol. The lowest BCUT2D eigenvalue weighted by Crippen LogP contribution is -2.06. The molecule has 1 rings (SSSR count). The van der Waals surface area contributed by atoms with Gasteiger partial charge in [0.05, 0.1) is 12.2 Å². The standard InChI is InChI=1S/C10H10F2O2/c1-2-5-14-10(13)7-3-4-8(11)9(12)6-7/h3-4,6H,2,5H2,1H3. The quantitative estimate of drug-likeness (QED) is 0.701. The first-order chi connectivity index (χ1) is 6.65.